The lowest BCUT2D eigenvalue weighted by atomic mass is 10.2. The molecular weight excluding hydrogens is 421 g/mol. The zero-order chi connectivity index (χ0) is 14.3. The highest BCUT2D eigenvalue weighted by atomic mass is 127. The summed E-state index contributed by atoms with van der Waals surface area (Å²) in [5.74, 6) is 0.521. The molecule has 1 aromatic rings. The zero-order valence-electron chi connectivity index (χ0n) is 11.2. The van der Waals surface area contributed by atoms with Crippen LogP contribution in [0.15, 0.2) is 22.7 Å². The lowest BCUT2D eigenvalue weighted by Crippen LogP contribution is -2.26. The van der Waals surface area contributed by atoms with E-state index in [1.807, 2.05) is 18.2 Å². The minimum atomic E-state index is -0.0328. The molecule has 0 saturated carbocycles. The Kier molecular flexibility index (Phi) is 7.94. The third-order valence-electron chi connectivity index (χ3n) is 2.38. The molecule has 1 N–H and O–H groups in total. The fraction of sp³-hybridized carbons (Fsp3) is 0.500. The standard InChI is InChI=1S/C14H19BrINO2/c1-10(2)9-19-7-3-6-17-14(18)12-8-11(15)4-5-13(12)16/h4-5,8,10H,3,6-7,9H2,1-2H3,(H,17,18). The number of carbonyl (C=O) groups is 1. The molecule has 0 saturated heterocycles. The van der Waals surface area contributed by atoms with Crippen molar-refractivity contribution < 1.29 is 9.53 Å². The van der Waals surface area contributed by atoms with Gasteiger partial charge in [-0.3, -0.25) is 4.79 Å². The maximum atomic E-state index is 12.0. The van der Waals surface area contributed by atoms with Gasteiger partial charge in [-0.15, -0.1) is 0 Å². The van der Waals surface area contributed by atoms with Gasteiger partial charge in [0.25, 0.3) is 5.91 Å². The molecule has 0 spiro atoms. The van der Waals surface area contributed by atoms with Gasteiger partial charge in [-0.2, -0.15) is 0 Å². The molecule has 1 rings (SSSR count). The van der Waals surface area contributed by atoms with Crippen LogP contribution in [0.4, 0.5) is 0 Å². The van der Waals surface area contributed by atoms with E-state index in [9.17, 15) is 4.79 Å². The summed E-state index contributed by atoms with van der Waals surface area (Å²) in [6.45, 7) is 6.35. The van der Waals surface area contributed by atoms with Gasteiger partial charge in [0.15, 0.2) is 0 Å². The molecule has 0 aromatic heterocycles. The highest BCUT2D eigenvalue weighted by Gasteiger charge is 2.09. The van der Waals surface area contributed by atoms with Crippen molar-refractivity contribution in [3.63, 3.8) is 0 Å². The monoisotopic (exact) mass is 439 g/mol. The fourth-order valence-electron chi connectivity index (χ4n) is 1.46. The van der Waals surface area contributed by atoms with Gasteiger partial charge in [0, 0.05) is 27.8 Å². The Hall–Kier alpha value is -0.140. The maximum Gasteiger partial charge on any atom is 0.252 e. The summed E-state index contributed by atoms with van der Waals surface area (Å²) < 4.78 is 7.33. The minimum absolute atomic E-state index is 0.0328. The van der Waals surface area contributed by atoms with E-state index in [0.717, 1.165) is 21.1 Å². The van der Waals surface area contributed by atoms with Crippen LogP contribution in [-0.4, -0.2) is 25.7 Å². The molecule has 106 valence electrons. The molecule has 0 atom stereocenters. The largest absolute Gasteiger partial charge is 0.381 e. The third kappa shape index (κ3) is 6.72. The molecule has 1 amide bonds. The summed E-state index contributed by atoms with van der Waals surface area (Å²) in [5, 5.41) is 2.91. The van der Waals surface area contributed by atoms with Gasteiger partial charge < -0.3 is 10.1 Å². The second kappa shape index (κ2) is 8.92. The van der Waals surface area contributed by atoms with E-state index >= 15 is 0 Å². The van der Waals surface area contributed by atoms with E-state index in [1.165, 1.54) is 0 Å². The van der Waals surface area contributed by atoms with Gasteiger partial charge in [-0.1, -0.05) is 29.8 Å². The van der Waals surface area contributed by atoms with Crippen LogP contribution in [-0.2, 0) is 4.74 Å². The molecule has 0 aliphatic rings. The first-order valence-corrected chi connectivity index (χ1v) is 8.19. The van der Waals surface area contributed by atoms with Crippen molar-refractivity contribution in [1.82, 2.24) is 5.32 Å². The summed E-state index contributed by atoms with van der Waals surface area (Å²) in [5.41, 5.74) is 0.707. The van der Waals surface area contributed by atoms with Crippen LogP contribution in [0, 0.1) is 9.49 Å². The van der Waals surface area contributed by atoms with Crippen LogP contribution >= 0.6 is 38.5 Å². The van der Waals surface area contributed by atoms with E-state index in [4.69, 9.17) is 4.74 Å². The number of halogens is 2. The molecule has 5 heteroatoms. The number of ether oxygens (including phenoxy) is 1. The maximum absolute atomic E-state index is 12.0. The third-order valence-corrected chi connectivity index (χ3v) is 3.81. The highest BCUT2D eigenvalue weighted by molar-refractivity contribution is 14.1. The second-order valence-electron chi connectivity index (χ2n) is 4.70. The minimum Gasteiger partial charge on any atom is -0.381 e. The lowest BCUT2D eigenvalue weighted by Gasteiger charge is -2.09. The van der Waals surface area contributed by atoms with E-state index in [-0.39, 0.29) is 5.91 Å². The predicted molar refractivity (Wildman–Crippen MR) is 89.5 cm³/mol. The normalized spacial score (nSPS) is 10.8. The van der Waals surface area contributed by atoms with Crippen LogP contribution in [0.1, 0.15) is 30.6 Å². The van der Waals surface area contributed by atoms with E-state index in [2.05, 4.69) is 57.7 Å². The molecule has 3 nitrogen and oxygen atoms in total. The summed E-state index contributed by atoms with van der Waals surface area (Å²) in [7, 11) is 0. The number of nitrogens with one attached hydrogen (secondary N) is 1. The smallest absolute Gasteiger partial charge is 0.252 e. The molecular formula is C14H19BrINO2. The quantitative estimate of drug-likeness (QED) is 0.517. The number of rotatable bonds is 7. The summed E-state index contributed by atoms with van der Waals surface area (Å²) >= 11 is 5.54. The number of amides is 1. The first-order chi connectivity index (χ1) is 9.00. The van der Waals surface area contributed by atoms with E-state index in [0.29, 0.717) is 24.6 Å². The zero-order valence-corrected chi connectivity index (χ0v) is 15.0. The van der Waals surface area contributed by atoms with Gasteiger partial charge >= 0.3 is 0 Å². The average Bonchev–Trinajstić information content (AvgIpc) is 2.36. The topological polar surface area (TPSA) is 38.3 Å². The first-order valence-electron chi connectivity index (χ1n) is 6.31. The Morgan fingerprint density at radius 3 is 2.89 bits per heavy atom. The molecule has 0 unspecified atom stereocenters. The van der Waals surface area contributed by atoms with Gasteiger partial charge in [0.2, 0.25) is 0 Å². The average molecular weight is 440 g/mol. The molecule has 0 fully saturated rings. The predicted octanol–water partition coefficient (Wildman–Crippen LogP) is 3.85. The van der Waals surface area contributed by atoms with Crippen molar-refractivity contribution in [2.45, 2.75) is 20.3 Å². The summed E-state index contributed by atoms with van der Waals surface area (Å²) in [6, 6.07) is 5.69. The van der Waals surface area contributed by atoms with Crippen LogP contribution in [0.3, 0.4) is 0 Å². The van der Waals surface area contributed by atoms with Crippen molar-refractivity contribution in [3.05, 3.63) is 31.8 Å². The van der Waals surface area contributed by atoms with Crippen molar-refractivity contribution in [3.8, 4) is 0 Å². The first kappa shape index (κ1) is 16.9. The Morgan fingerprint density at radius 1 is 1.47 bits per heavy atom. The Balaban J connectivity index is 2.29. The molecule has 0 heterocycles. The Labute approximate surface area is 136 Å². The molecule has 1 aromatic carbocycles. The van der Waals surface area contributed by atoms with Gasteiger partial charge in [-0.05, 0) is 53.1 Å². The fourth-order valence-corrected chi connectivity index (χ4v) is 2.40. The molecule has 0 radical (unpaired) electrons. The number of carbonyl (C=O) groups excluding carboxylic acids is 1. The second-order valence-corrected chi connectivity index (χ2v) is 6.78. The lowest BCUT2D eigenvalue weighted by molar-refractivity contribution is 0.0924. The number of hydrogen-bond donors (Lipinski definition) is 1. The van der Waals surface area contributed by atoms with Crippen LogP contribution < -0.4 is 5.32 Å². The molecule has 0 bridgehead atoms. The Bertz CT molecular complexity index is 424. The molecule has 0 aliphatic carbocycles. The number of hydrogen-bond acceptors (Lipinski definition) is 2. The van der Waals surface area contributed by atoms with Crippen LogP contribution in [0.2, 0.25) is 0 Å². The van der Waals surface area contributed by atoms with Crippen LogP contribution in [0.5, 0.6) is 0 Å². The van der Waals surface area contributed by atoms with E-state index < -0.39 is 0 Å². The number of benzene rings is 1. The van der Waals surface area contributed by atoms with Crippen molar-refractivity contribution in [2.24, 2.45) is 5.92 Å². The van der Waals surface area contributed by atoms with Crippen LogP contribution in [0.25, 0.3) is 0 Å². The summed E-state index contributed by atoms with van der Waals surface area (Å²) in [4.78, 5) is 12.0. The summed E-state index contributed by atoms with van der Waals surface area (Å²) in [6.07, 6.45) is 0.836. The van der Waals surface area contributed by atoms with Crippen molar-refractivity contribution in [2.75, 3.05) is 19.8 Å². The molecule has 19 heavy (non-hydrogen) atoms. The highest BCUT2D eigenvalue weighted by Crippen LogP contribution is 2.18. The van der Waals surface area contributed by atoms with E-state index in [1.54, 1.807) is 0 Å². The van der Waals surface area contributed by atoms with Gasteiger partial charge in [0.1, 0.15) is 0 Å². The Morgan fingerprint density at radius 2 is 2.21 bits per heavy atom. The van der Waals surface area contributed by atoms with Gasteiger partial charge in [0.05, 0.1) is 5.56 Å². The van der Waals surface area contributed by atoms with Crippen molar-refractivity contribution in [1.29, 1.82) is 0 Å². The molecule has 0 aliphatic heterocycles. The van der Waals surface area contributed by atoms with Crippen molar-refractivity contribution >= 4 is 44.4 Å². The SMILES string of the molecule is CC(C)COCCCNC(=O)c1cc(Br)ccc1I. The van der Waals surface area contributed by atoms with Gasteiger partial charge in [-0.25, -0.2) is 0 Å².